The Morgan fingerprint density at radius 2 is 2.04 bits per heavy atom. The van der Waals surface area contributed by atoms with E-state index in [1.807, 2.05) is 46.8 Å². The molecular weight excluding hydrogens is 324 g/mol. The van der Waals surface area contributed by atoms with Crippen LogP contribution in [0.25, 0.3) is 5.69 Å². The summed E-state index contributed by atoms with van der Waals surface area (Å²) in [5.74, 6) is 0.674. The molecule has 1 fully saturated rings. The molecule has 1 amide bonds. The van der Waals surface area contributed by atoms with E-state index in [2.05, 4.69) is 12.0 Å². The normalized spacial score (nSPS) is 20.5. The van der Waals surface area contributed by atoms with Crippen LogP contribution >= 0.6 is 12.4 Å². The van der Waals surface area contributed by atoms with Crippen LogP contribution in [0.2, 0.25) is 0 Å². The number of aromatic nitrogens is 2. The molecule has 3 rings (SSSR count). The minimum absolute atomic E-state index is 0. The molecule has 0 aliphatic carbocycles. The highest BCUT2D eigenvalue weighted by molar-refractivity contribution is 5.95. The molecule has 0 bridgehead atoms. The van der Waals surface area contributed by atoms with Gasteiger partial charge in [0.15, 0.2) is 0 Å². The van der Waals surface area contributed by atoms with Crippen LogP contribution < -0.4 is 5.73 Å². The second-order valence-electron chi connectivity index (χ2n) is 6.41. The van der Waals surface area contributed by atoms with Crippen LogP contribution in [0.3, 0.4) is 0 Å². The minimum atomic E-state index is 0. The van der Waals surface area contributed by atoms with Gasteiger partial charge in [0.05, 0.1) is 23.1 Å². The Kier molecular flexibility index (Phi) is 6.02. The fraction of sp³-hybridized carbons (Fsp3) is 0.444. The number of benzene rings is 1. The van der Waals surface area contributed by atoms with Crippen molar-refractivity contribution in [3.05, 3.63) is 47.8 Å². The van der Waals surface area contributed by atoms with Gasteiger partial charge in [-0.2, -0.15) is 5.10 Å². The van der Waals surface area contributed by atoms with Crippen LogP contribution in [0, 0.1) is 12.8 Å². The zero-order chi connectivity index (χ0) is 16.4. The highest BCUT2D eigenvalue weighted by Gasteiger charge is 2.31. The standard InChI is InChI=1S/C18H24N4O.ClH/c1-13-8-9-21(16(10-13)11-19)18(23)17-12-20-22(14(17)2)15-6-4-3-5-7-15;/h3-7,12-13,16H,8-11,19H2,1-2H3;1H. The lowest BCUT2D eigenvalue weighted by molar-refractivity contribution is 0.0573. The number of carbonyl (C=O) groups is 1. The van der Waals surface area contributed by atoms with Crippen LogP contribution in [0.4, 0.5) is 0 Å². The Morgan fingerprint density at radius 1 is 1.33 bits per heavy atom. The van der Waals surface area contributed by atoms with Gasteiger partial charge in [-0.05, 0) is 37.8 Å². The first-order valence-electron chi connectivity index (χ1n) is 8.23. The summed E-state index contributed by atoms with van der Waals surface area (Å²) in [6.07, 6.45) is 3.69. The Bertz CT molecular complexity index is 686. The van der Waals surface area contributed by atoms with E-state index in [0.29, 0.717) is 18.0 Å². The van der Waals surface area contributed by atoms with Gasteiger partial charge in [-0.25, -0.2) is 4.68 Å². The third-order valence-electron chi connectivity index (χ3n) is 4.75. The lowest BCUT2D eigenvalue weighted by Crippen LogP contribution is -2.49. The van der Waals surface area contributed by atoms with E-state index in [1.165, 1.54) is 0 Å². The van der Waals surface area contributed by atoms with Crippen LogP contribution in [0.15, 0.2) is 36.5 Å². The summed E-state index contributed by atoms with van der Waals surface area (Å²) in [5, 5.41) is 4.41. The van der Waals surface area contributed by atoms with E-state index < -0.39 is 0 Å². The van der Waals surface area contributed by atoms with Crippen LogP contribution in [0.5, 0.6) is 0 Å². The molecule has 2 atom stereocenters. The highest BCUT2D eigenvalue weighted by Crippen LogP contribution is 2.25. The van der Waals surface area contributed by atoms with Gasteiger partial charge in [-0.15, -0.1) is 12.4 Å². The first-order valence-corrected chi connectivity index (χ1v) is 8.23. The van der Waals surface area contributed by atoms with Gasteiger partial charge in [0.1, 0.15) is 0 Å². The number of nitrogens with zero attached hydrogens (tertiary/aromatic N) is 3. The molecule has 1 saturated heterocycles. The van der Waals surface area contributed by atoms with E-state index in [0.717, 1.165) is 30.8 Å². The SMILES string of the molecule is Cc1c(C(=O)N2CCC(C)CC2CN)cnn1-c1ccccc1.Cl. The number of hydrogen-bond acceptors (Lipinski definition) is 3. The van der Waals surface area contributed by atoms with Crippen LogP contribution in [-0.2, 0) is 0 Å². The van der Waals surface area contributed by atoms with Crippen molar-refractivity contribution >= 4 is 18.3 Å². The second-order valence-corrected chi connectivity index (χ2v) is 6.41. The van der Waals surface area contributed by atoms with Gasteiger partial charge in [0.2, 0.25) is 0 Å². The van der Waals surface area contributed by atoms with E-state index in [4.69, 9.17) is 5.73 Å². The molecule has 24 heavy (non-hydrogen) atoms. The summed E-state index contributed by atoms with van der Waals surface area (Å²) >= 11 is 0. The minimum Gasteiger partial charge on any atom is -0.334 e. The van der Waals surface area contributed by atoms with Gasteiger partial charge >= 0.3 is 0 Å². The number of rotatable bonds is 3. The first-order chi connectivity index (χ1) is 11.1. The number of hydrogen-bond donors (Lipinski definition) is 1. The monoisotopic (exact) mass is 348 g/mol. The Balaban J connectivity index is 0.00000208. The molecule has 0 saturated carbocycles. The fourth-order valence-electron chi connectivity index (χ4n) is 3.35. The smallest absolute Gasteiger partial charge is 0.257 e. The third kappa shape index (κ3) is 3.47. The number of para-hydroxylation sites is 1. The molecule has 2 aromatic rings. The molecule has 0 spiro atoms. The Morgan fingerprint density at radius 3 is 2.71 bits per heavy atom. The molecule has 2 unspecified atom stereocenters. The number of halogens is 1. The lowest BCUT2D eigenvalue weighted by Gasteiger charge is -2.38. The van der Waals surface area contributed by atoms with Gasteiger partial charge in [-0.3, -0.25) is 4.79 Å². The van der Waals surface area contributed by atoms with Crippen molar-refractivity contribution < 1.29 is 4.79 Å². The van der Waals surface area contributed by atoms with E-state index in [-0.39, 0.29) is 24.4 Å². The molecule has 0 radical (unpaired) electrons. The highest BCUT2D eigenvalue weighted by atomic mass is 35.5. The van der Waals surface area contributed by atoms with Crippen LogP contribution in [0.1, 0.15) is 35.8 Å². The summed E-state index contributed by atoms with van der Waals surface area (Å²) in [4.78, 5) is 14.9. The van der Waals surface area contributed by atoms with E-state index in [1.54, 1.807) is 6.20 Å². The molecule has 6 heteroatoms. The van der Waals surface area contributed by atoms with Crippen molar-refractivity contribution in [3.8, 4) is 5.69 Å². The van der Waals surface area contributed by atoms with Crippen molar-refractivity contribution in [1.82, 2.24) is 14.7 Å². The fourth-order valence-corrected chi connectivity index (χ4v) is 3.35. The topological polar surface area (TPSA) is 64.2 Å². The summed E-state index contributed by atoms with van der Waals surface area (Å²) in [5.41, 5.74) is 8.40. The summed E-state index contributed by atoms with van der Waals surface area (Å²) in [7, 11) is 0. The van der Waals surface area contributed by atoms with E-state index in [9.17, 15) is 4.79 Å². The molecule has 1 aliphatic heterocycles. The molecule has 5 nitrogen and oxygen atoms in total. The van der Waals surface area contributed by atoms with E-state index >= 15 is 0 Å². The maximum atomic E-state index is 13.0. The van der Waals surface area contributed by atoms with Crippen molar-refractivity contribution in [2.45, 2.75) is 32.7 Å². The molecule has 1 aliphatic rings. The summed E-state index contributed by atoms with van der Waals surface area (Å²) in [6, 6.07) is 10.0. The predicted molar refractivity (Wildman–Crippen MR) is 97.8 cm³/mol. The molecule has 1 aromatic heterocycles. The number of piperidine rings is 1. The molecular formula is C18H25ClN4O. The van der Waals surface area contributed by atoms with Crippen LogP contribution in [-0.4, -0.2) is 39.7 Å². The third-order valence-corrected chi connectivity index (χ3v) is 4.75. The van der Waals surface area contributed by atoms with Gasteiger partial charge in [-0.1, -0.05) is 25.1 Å². The van der Waals surface area contributed by atoms with Crippen molar-refractivity contribution in [2.24, 2.45) is 11.7 Å². The number of nitrogens with two attached hydrogens (primary N) is 1. The van der Waals surface area contributed by atoms with Crippen molar-refractivity contribution in [1.29, 1.82) is 0 Å². The average molecular weight is 349 g/mol. The van der Waals surface area contributed by atoms with Crippen molar-refractivity contribution in [3.63, 3.8) is 0 Å². The zero-order valence-corrected chi connectivity index (χ0v) is 15.0. The number of carbonyl (C=O) groups excluding carboxylic acids is 1. The number of amides is 1. The predicted octanol–water partition coefficient (Wildman–Crippen LogP) is 2.80. The zero-order valence-electron chi connectivity index (χ0n) is 14.2. The average Bonchev–Trinajstić information content (AvgIpc) is 2.96. The molecule has 1 aromatic carbocycles. The lowest BCUT2D eigenvalue weighted by atomic mass is 9.92. The first kappa shape index (κ1) is 18.5. The van der Waals surface area contributed by atoms with Gasteiger partial charge in [0, 0.05) is 19.1 Å². The summed E-state index contributed by atoms with van der Waals surface area (Å²) in [6.45, 7) is 5.46. The molecule has 2 heterocycles. The molecule has 2 N–H and O–H groups in total. The second kappa shape index (κ2) is 7.81. The van der Waals surface area contributed by atoms with Gasteiger partial charge in [0.25, 0.3) is 5.91 Å². The summed E-state index contributed by atoms with van der Waals surface area (Å²) < 4.78 is 1.82. The Hall–Kier alpha value is -1.85. The van der Waals surface area contributed by atoms with Gasteiger partial charge < -0.3 is 10.6 Å². The maximum Gasteiger partial charge on any atom is 0.257 e. The number of likely N-dealkylation sites (tertiary alicyclic amines) is 1. The largest absolute Gasteiger partial charge is 0.334 e. The quantitative estimate of drug-likeness (QED) is 0.927. The maximum absolute atomic E-state index is 13.0. The Labute approximate surface area is 149 Å². The molecule has 130 valence electrons. The van der Waals surface area contributed by atoms with Crippen molar-refractivity contribution in [2.75, 3.05) is 13.1 Å².